The summed E-state index contributed by atoms with van der Waals surface area (Å²) in [6.07, 6.45) is 5.12. The number of benzene rings is 1. The maximum absolute atomic E-state index is 13.1. The van der Waals surface area contributed by atoms with Gasteiger partial charge in [-0.2, -0.15) is 4.98 Å². The number of nitrogens with one attached hydrogen (secondary N) is 2. The molecule has 1 atom stereocenters. The van der Waals surface area contributed by atoms with Gasteiger partial charge in [-0.05, 0) is 63.2 Å². The molecule has 1 saturated heterocycles. The lowest BCUT2D eigenvalue weighted by Gasteiger charge is -2.15. The summed E-state index contributed by atoms with van der Waals surface area (Å²) in [6, 6.07) is 10.4. The Bertz CT molecular complexity index is 1290. The molecule has 34 heavy (non-hydrogen) atoms. The summed E-state index contributed by atoms with van der Waals surface area (Å²) >= 11 is 0. The Kier molecular flexibility index (Phi) is 6.48. The molecule has 0 radical (unpaired) electrons. The van der Waals surface area contributed by atoms with E-state index < -0.39 is 0 Å². The smallest absolute Gasteiger partial charge is 0.268 e. The zero-order valence-electron chi connectivity index (χ0n) is 19.7. The average Bonchev–Trinajstić information content (AvgIpc) is 3.58. The molecule has 2 aromatic heterocycles. The van der Waals surface area contributed by atoms with Crippen LogP contribution in [0.1, 0.15) is 24.8 Å². The van der Waals surface area contributed by atoms with Gasteiger partial charge in [0.15, 0.2) is 0 Å². The van der Waals surface area contributed by atoms with E-state index in [1.54, 1.807) is 23.9 Å². The Morgan fingerprint density at radius 3 is 2.68 bits per heavy atom. The highest BCUT2D eigenvalue weighted by Gasteiger charge is 2.19. The van der Waals surface area contributed by atoms with E-state index in [-0.39, 0.29) is 5.56 Å². The molecule has 2 N–H and O–H groups in total. The molecule has 176 valence electrons. The molecule has 2 fully saturated rings. The molecular weight excluding hydrogens is 428 g/mol. The average molecular weight is 459 g/mol. The van der Waals surface area contributed by atoms with Crippen LogP contribution in [0.15, 0.2) is 41.3 Å². The summed E-state index contributed by atoms with van der Waals surface area (Å²) in [5.74, 6) is 7.11. The molecular formula is C26H30N6O2. The van der Waals surface area contributed by atoms with E-state index in [4.69, 9.17) is 4.74 Å². The predicted octanol–water partition coefficient (Wildman–Crippen LogP) is 3.06. The molecule has 8 nitrogen and oxygen atoms in total. The number of aromatic nitrogens is 3. The molecule has 1 aliphatic heterocycles. The van der Waals surface area contributed by atoms with E-state index >= 15 is 0 Å². The molecule has 8 heteroatoms. The summed E-state index contributed by atoms with van der Waals surface area (Å²) in [6.45, 7) is 2.99. The number of hydrogen-bond donors (Lipinski definition) is 2. The maximum atomic E-state index is 13.1. The number of pyridine rings is 1. The Balaban J connectivity index is 1.38. The fraction of sp³-hybridized carbons (Fsp3) is 0.423. The Hall–Kier alpha value is -3.41. The van der Waals surface area contributed by atoms with E-state index in [2.05, 4.69) is 56.5 Å². The molecule has 1 aromatic carbocycles. The molecule has 0 amide bonds. The lowest BCUT2D eigenvalue weighted by atomic mass is 10.2. The molecule has 1 unspecified atom stereocenters. The van der Waals surface area contributed by atoms with Crippen LogP contribution in [-0.4, -0.2) is 59.3 Å². The van der Waals surface area contributed by atoms with Gasteiger partial charge in [0.25, 0.3) is 5.56 Å². The summed E-state index contributed by atoms with van der Waals surface area (Å²) in [5, 5.41) is 7.62. The number of hydrogen-bond acceptors (Lipinski definition) is 7. The summed E-state index contributed by atoms with van der Waals surface area (Å²) < 4.78 is 6.86. The number of rotatable bonds is 7. The van der Waals surface area contributed by atoms with Gasteiger partial charge in [0.2, 0.25) is 5.95 Å². The molecule has 0 bridgehead atoms. The van der Waals surface area contributed by atoms with Gasteiger partial charge in [0.1, 0.15) is 5.65 Å². The summed E-state index contributed by atoms with van der Waals surface area (Å²) in [5.41, 5.74) is 2.89. The van der Waals surface area contributed by atoms with Gasteiger partial charge in [-0.25, -0.2) is 4.98 Å². The van der Waals surface area contributed by atoms with Crippen molar-refractivity contribution in [2.45, 2.75) is 31.8 Å². The second-order valence-electron chi connectivity index (χ2n) is 9.12. The van der Waals surface area contributed by atoms with Gasteiger partial charge >= 0.3 is 0 Å². The SMILES string of the molecule is COCCn1c(=O)c(C#CC2CC2)cc2cnc(Nc3ccc(NC4CCN(C)C4)cc3)nc21. The predicted molar refractivity (Wildman–Crippen MR) is 135 cm³/mol. The topological polar surface area (TPSA) is 84.3 Å². The number of likely N-dealkylation sites (tertiary alicyclic amines) is 1. The molecule has 1 saturated carbocycles. The van der Waals surface area contributed by atoms with Crippen LogP contribution in [-0.2, 0) is 11.3 Å². The quantitative estimate of drug-likeness (QED) is 0.527. The van der Waals surface area contributed by atoms with Crippen LogP contribution in [0.4, 0.5) is 17.3 Å². The van der Waals surface area contributed by atoms with Gasteiger partial charge < -0.3 is 20.3 Å². The zero-order chi connectivity index (χ0) is 23.5. The molecule has 1 aliphatic carbocycles. The van der Waals surface area contributed by atoms with E-state index in [9.17, 15) is 4.79 Å². The van der Waals surface area contributed by atoms with Crippen molar-refractivity contribution < 1.29 is 4.74 Å². The highest BCUT2D eigenvalue weighted by molar-refractivity contribution is 5.77. The Morgan fingerprint density at radius 1 is 1.18 bits per heavy atom. The number of fused-ring (bicyclic) bond motifs is 1. The summed E-state index contributed by atoms with van der Waals surface area (Å²) in [4.78, 5) is 24.6. The van der Waals surface area contributed by atoms with E-state index in [1.165, 1.54) is 0 Å². The van der Waals surface area contributed by atoms with Crippen molar-refractivity contribution in [1.82, 2.24) is 19.4 Å². The Morgan fingerprint density at radius 2 is 1.97 bits per heavy atom. The van der Waals surface area contributed by atoms with Crippen LogP contribution in [0, 0.1) is 17.8 Å². The van der Waals surface area contributed by atoms with Crippen molar-refractivity contribution in [1.29, 1.82) is 0 Å². The standard InChI is InChI=1S/C26H30N6O2/c1-31-12-11-23(17-31)28-21-7-9-22(10-8-21)29-26-27-16-20-15-19(6-5-18-3-4-18)25(33)32(13-14-34-2)24(20)30-26/h7-10,15-16,18,23,28H,3-4,11-14,17H2,1-2H3,(H,27,29,30). The number of likely N-dealkylation sites (N-methyl/N-ethyl adjacent to an activating group) is 1. The normalized spacial score (nSPS) is 18.0. The first-order chi connectivity index (χ1) is 16.6. The van der Waals surface area contributed by atoms with Crippen molar-refractivity contribution in [3.63, 3.8) is 0 Å². The molecule has 5 rings (SSSR count). The van der Waals surface area contributed by atoms with Crippen molar-refractivity contribution >= 4 is 28.4 Å². The first kappa shape index (κ1) is 22.4. The first-order valence-corrected chi connectivity index (χ1v) is 11.8. The van der Waals surface area contributed by atoms with Gasteiger partial charge in [-0.3, -0.25) is 9.36 Å². The van der Waals surface area contributed by atoms with Crippen molar-refractivity contribution in [2.24, 2.45) is 5.92 Å². The number of methoxy groups -OCH3 is 1. The third-order valence-corrected chi connectivity index (χ3v) is 6.24. The highest BCUT2D eigenvalue weighted by Crippen LogP contribution is 2.27. The molecule has 0 spiro atoms. The number of anilines is 3. The third kappa shape index (κ3) is 5.22. The van der Waals surface area contributed by atoms with Crippen molar-refractivity contribution in [3.8, 4) is 11.8 Å². The second-order valence-corrected chi connectivity index (χ2v) is 9.12. The van der Waals surface area contributed by atoms with E-state index in [0.717, 1.165) is 49.1 Å². The number of ether oxygens (including phenoxy) is 1. The lowest BCUT2D eigenvalue weighted by molar-refractivity contribution is 0.187. The van der Waals surface area contributed by atoms with Gasteiger partial charge in [-0.15, -0.1) is 0 Å². The largest absolute Gasteiger partial charge is 0.383 e. The van der Waals surface area contributed by atoms with Crippen LogP contribution in [0.3, 0.4) is 0 Å². The molecule has 3 heterocycles. The highest BCUT2D eigenvalue weighted by atomic mass is 16.5. The molecule has 3 aromatic rings. The minimum atomic E-state index is -0.143. The van der Waals surface area contributed by atoms with Crippen LogP contribution >= 0.6 is 0 Å². The Labute approximate surface area is 199 Å². The maximum Gasteiger partial charge on any atom is 0.268 e. The van der Waals surface area contributed by atoms with Gasteiger partial charge in [-0.1, -0.05) is 11.8 Å². The minimum Gasteiger partial charge on any atom is -0.383 e. The van der Waals surface area contributed by atoms with Crippen LogP contribution in [0.5, 0.6) is 0 Å². The van der Waals surface area contributed by atoms with Gasteiger partial charge in [0.05, 0.1) is 18.7 Å². The number of nitrogens with zero attached hydrogens (tertiary/aromatic N) is 4. The van der Waals surface area contributed by atoms with Crippen molar-refractivity contribution in [3.05, 3.63) is 52.4 Å². The first-order valence-electron chi connectivity index (χ1n) is 11.8. The monoisotopic (exact) mass is 458 g/mol. The van der Waals surface area contributed by atoms with Crippen LogP contribution in [0.2, 0.25) is 0 Å². The van der Waals surface area contributed by atoms with Crippen LogP contribution in [0.25, 0.3) is 11.0 Å². The fourth-order valence-corrected chi connectivity index (χ4v) is 4.17. The molecule has 2 aliphatic rings. The van der Waals surface area contributed by atoms with Crippen LogP contribution < -0.4 is 16.2 Å². The zero-order valence-corrected chi connectivity index (χ0v) is 19.7. The second kappa shape index (κ2) is 9.84. The lowest BCUT2D eigenvalue weighted by Crippen LogP contribution is -2.25. The van der Waals surface area contributed by atoms with E-state index in [0.29, 0.717) is 42.3 Å². The fourth-order valence-electron chi connectivity index (χ4n) is 4.17. The third-order valence-electron chi connectivity index (χ3n) is 6.24. The van der Waals surface area contributed by atoms with Gasteiger partial charge in [0, 0.05) is 48.6 Å². The summed E-state index contributed by atoms with van der Waals surface area (Å²) in [7, 11) is 3.77. The van der Waals surface area contributed by atoms with E-state index in [1.807, 2.05) is 12.1 Å². The van der Waals surface area contributed by atoms with Crippen molar-refractivity contribution in [2.75, 3.05) is 44.5 Å². The minimum absolute atomic E-state index is 0.143.